The van der Waals surface area contributed by atoms with E-state index in [-0.39, 0.29) is 12.5 Å². The van der Waals surface area contributed by atoms with Crippen molar-refractivity contribution >= 4 is 5.91 Å². The Kier molecular flexibility index (Phi) is 7.33. The lowest BCUT2D eigenvalue weighted by Crippen LogP contribution is -2.32. The summed E-state index contributed by atoms with van der Waals surface area (Å²) in [5.41, 5.74) is 2.32. The van der Waals surface area contributed by atoms with Crippen LogP contribution in [0, 0.1) is 0 Å². The summed E-state index contributed by atoms with van der Waals surface area (Å²) in [4.78, 5) is 18.7. The molecule has 0 atom stereocenters. The van der Waals surface area contributed by atoms with Crippen LogP contribution in [0.1, 0.15) is 44.4 Å². The van der Waals surface area contributed by atoms with Crippen LogP contribution in [0.25, 0.3) is 0 Å². The fraction of sp³-hybridized carbons (Fsp3) is 0.667. The van der Waals surface area contributed by atoms with Gasteiger partial charge in [-0.2, -0.15) is 0 Å². The molecule has 0 spiro atoms. The van der Waals surface area contributed by atoms with Crippen molar-refractivity contribution in [1.29, 1.82) is 0 Å². The molecule has 5 heteroatoms. The van der Waals surface area contributed by atoms with E-state index in [1.54, 1.807) is 6.20 Å². The average Bonchev–Trinajstić information content (AvgIpc) is 2.60. The predicted octanol–water partition coefficient (Wildman–Crippen LogP) is 2.19. The highest BCUT2D eigenvalue weighted by atomic mass is 16.5. The zero-order chi connectivity index (χ0) is 16.5. The number of amides is 1. The average molecular weight is 319 g/mol. The molecule has 23 heavy (non-hydrogen) atoms. The van der Waals surface area contributed by atoms with Gasteiger partial charge in [-0.05, 0) is 57.8 Å². The molecular formula is C18H29N3O2. The largest absolute Gasteiger partial charge is 0.483 e. The number of nitrogens with zero attached hydrogens (tertiary/aromatic N) is 2. The molecule has 0 fully saturated rings. The highest BCUT2D eigenvalue weighted by Gasteiger charge is 2.15. The Balaban J connectivity index is 1.71. The molecule has 1 N–H and O–H groups in total. The fourth-order valence-corrected chi connectivity index (χ4v) is 2.99. The van der Waals surface area contributed by atoms with Crippen molar-refractivity contribution in [1.82, 2.24) is 15.2 Å². The summed E-state index contributed by atoms with van der Waals surface area (Å²) in [6.07, 6.45) is 7.14. The van der Waals surface area contributed by atoms with Crippen molar-refractivity contribution < 1.29 is 9.53 Å². The molecule has 1 heterocycles. The van der Waals surface area contributed by atoms with Gasteiger partial charge in [0.15, 0.2) is 6.61 Å². The van der Waals surface area contributed by atoms with Crippen LogP contribution < -0.4 is 10.1 Å². The third-order valence-corrected chi connectivity index (χ3v) is 4.42. The lowest BCUT2D eigenvalue weighted by molar-refractivity contribution is -0.123. The van der Waals surface area contributed by atoms with Crippen LogP contribution in [0.3, 0.4) is 0 Å². The standard InChI is InChI=1S/C18H29N3O2/c1-3-21(4-2)13-7-11-20-18(22)14-23-17-10-12-19-16-9-6-5-8-15(16)17/h10,12H,3-9,11,13-14H2,1-2H3,(H,20,22). The molecule has 1 amide bonds. The maximum absolute atomic E-state index is 11.9. The molecule has 0 saturated carbocycles. The van der Waals surface area contributed by atoms with Gasteiger partial charge < -0.3 is 15.0 Å². The van der Waals surface area contributed by atoms with E-state index in [9.17, 15) is 4.79 Å². The smallest absolute Gasteiger partial charge is 0.257 e. The van der Waals surface area contributed by atoms with E-state index >= 15 is 0 Å². The van der Waals surface area contributed by atoms with Gasteiger partial charge in [0.05, 0.1) is 0 Å². The molecule has 1 aromatic heterocycles. The van der Waals surface area contributed by atoms with Gasteiger partial charge in [-0.3, -0.25) is 9.78 Å². The summed E-state index contributed by atoms with van der Waals surface area (Å²) < 4.78 is 5.72. The number of hydrogen-bond acceptors (Lipinski definition) is 4. The summed E-state index contributed by atoms with van der Waals surface area (Å²) >= 11 is 0. The maximum Gasteiger partial charge on any atom is 0.257 e. The van der Waals surface area contributed by atoms with Gasteiger partial charge in [0.25, 0.3) is 5.91 Å². The van der Waals surface area contributed by atoms with Gasteiger partial charge >= 0.3 is 0 Å². The summed E-state index contributed by atoms with van der Waals surface area (Å²) in [6.45, 7) is 8.24. The van der Waals surface area contributed by atoms with Gasteiger partial charge in [-0.1, -0.05) is 13.8 Å². The van der Waals surface area contributed by atoms with Gasteiger partial charge in [0, 0.05) is 24.0 Å². The van der Waals surface area contributed by atoms with Gasteiger partial charge in [0.1, 0.15) is 5.75 Å². The van der Waals surface area contributed by atoms with E-state index in [1.165, 1.54) is 18.4 Å². The van der Waals surface area contributed by atoms with E-state index in [0.717, 1.165) is 50.3 Å². The lowest BCUT2D eigenvalue weighted by Gasteiger charge is -2.19. The molecule has 1 aliphatic rings. The van der Waals surface area contributed by atoms with Crippen molar-refractivity contribution in [2.24, 2.45) is 0 Å². The Morgan fingerprint density at radius 1 is 1.30 bits per heavy atom. The van der Waals surface area contributed by atoms with E-state index in [0.29, 0.717) is 6.54 Å². The fourth-order valence-electron chi connectivity index (χ4n) is 2.99. The molecule has 0 radical (unpaired) electrons. The molecule has 0 aromatic carbocycles. The second-order valence-corrected chi connectivity index (χ2v) is 5.96. The topological polar surface area (TPSA) is 54.5 Å². The molecule has 5 nitrogen and oxygen atoms in total. The number of aryl methyl sites for hydroxylation is 1. The zero-order valence-corrected chi connectivity index (χ0v) is 14.4. The van der Waals surface area contributed by atoms with E-state index in [1.807, 2.05) is 6.07 Å². The molecule has 0 aliphatic heterocycles. The molecule has 2 rings (SSSR count). The Morgan fingerprint density at radius 3 is 2.87 bits per heavy atom. The highest BCUT2D eigenvalue weighted by molar-refractivity contribution is 5.77. The Hall–Kier alpha value is -1.62. The molecule has 1 aliphatic carbocycles. The van der Waals surface area contributed by atoms with Crippen molar-refractivity contribution in [2.45, 2.75) is 46.0 Å². The number of aromatic nitrogens is 1. The minimum atomic E-state index is -0.0501. The first-order valence-corrected chi connectivity index (χ1v) is 8.83. The Bertz CT molecular complexity index is 501. The van der Waals surface area contributed by atoms with Crippen LogP contribution in [0.4, 0.5) is 0 Å². The zero-order valence-electron chi connectivity index (χ0n) is 14.4. The first kappa shape index (κ1) is 17.7. The molecule has 0 bridgehead atoms. The number of nitrogens with one attached hydrogen (secondary N) is 1. The van der Waals surface area contributed by atoms with Crippen LogP contribution >= 0.6 is 0 Å². The molecule has 0 saturated heterocycles. The van der Waals surface area contributed by atoms with Crippen molar-refractivity contribution in [3.63, 3.8) is 0 Å². The SMILES string of the molecule is CCN(CC)CCCNC(=O)COc1ccnc2c1CCCC2. The van der Waals surface area contributed by atoms with Crippen LogP contribution in [-0.4, -0.2) is 48.6 Å². The highest BCUT2D eigenvalue weighted by Crippen LogP contribution is 2.27. The van der Waals surface area contributed by atoms with E-state index in [4.69, 9.17) is 4.74 Å². The summed E-state index contributed by atoms with van der Waals surface area (Å²) in [7, 11) is 0. The summed E-state index contributed by atoms with van der Waals surface area (Å²) in [5.74, 6) is 0.777. The van der Waals surface area contributed by atoms with Crippen LogP contribution in [0.2, 0.25) is 0 Å². The maximum atomic E-state index is 11.9. The minimum absolute atomic E-state index is 0.0501. The van der Waals surface area contributed by atoms with E-state index in [2.05, 4.69) is 29.0 Å². The molecule has 1 aromatic rings. The van der Waals surface area contributed by atoms with Gasteiger partial charge in [0.2, 0.25) is 0 Å². The minimum Gasteiger partial charge on any atom is -0.483 e. The molecule has 0 unspecified atom stereocenters. The Labute approximate surface area is 139 Å². The predicted molar refractivity (Wildman–Crippen MR) is 91.8 cm³/mol. The third kappa shape index (κ3) is 5.50. The second-order valence-electron chi connectivity index (χ2n) is 5.96. The Morgan fingerprint density at radius 2 is 2.09 bits per heavy atom. The normalized spacial score (nSPS) is 13.7. The molecular weight excluding hydrogens is 290 g/mol. The quantitative estimate of drug-likeness (QED) is 0.709. The van der Waals surface area contributed by atoms with Gasteiger partial charge in [-0.15, -0.1) is 0 Å². The van der Waals surface area contributed by atoms with E-state index < -0.39 is 0 Å². The second kappa shape index (κ2) is 9.50. The lowest BCUT2D eigenvalue weighted by atomic mass is 9.95. The first-order chi connectivity index (χ1) is 11.2. The third-order valence-electron chi connectivity index (χ3n) is 4.42. The number of hydrogen-bond donors (Lipinski definition) is 1. The number of rotatable bonds is 9. The van der Waals surface area contributed by atoms with Crippen LogP contribution in [0.15, 0.2) is 12.3 Å². The number of ether oxygens (including phenoxy) is 1. The number of pyridine rings is 1. The summed E-state index contributed by atoms with van der Waals surface area (Å²) in [6, 6.07) is 1.87. The van der Waals surface area contributed by atoms with Gasteiger partial charge in [-0.25, -0.2) is 0 Å². The van der Waals surface area contributed by atoms with Crippen molar-refractivity contribution in [3.8, 4) is 5.75 Å². The number of carbonyl (C=O) groups is 1. The number of carbonyl (C=O) groups excluding carboxylic acids is 1. The molecule has 128 valence electrons. The van der Waals surface area contributed by atoms with Crippen molar-refractivity contribution in [2.75, 3.05) is 32.8 Å². The number of fused-ring (bicyclic) bond motifs is 1. The van der Waals surface area contributed by atoms with Crippen LogP contribution in [-0.2, 0) is 17.6 Å². The van der Waals surface area contributed by atoms with Crippen LogP contribution in [0.5, 0.6) is 5.75 Å². The first-order valence-electron chi connectivity index (χ1n) is 8.83. The summed E-state index contributed by atoms with van der Waals surface area (Å²) in [5, 5.41) is 2.93. The monoisotopic (exact) mass is 319 g/mol. The van der Waals surface area contributed by atoms with Crippen molar-refractivity contribution in [3.05, 3.63) is 23.5 Å².